The molecule has 10 nitrogen and oxygen atoms in total. The quantitative estimate of drug-likeness (QED) is 0.534. The van der Waals surface area contributed by atoms with Gasteiger partial charge in [0, 0.05) is 12.4 Å². The molecule has 2 N–H and O–H groups in total. The number of rotatable bonds is 3. The molecular weight excluding hydrogens is 397 g/mol. The molecule has 0 unspecified atom stereocenters. The van der Waals surface area contributed by atoms with Crippen molar-refractivity contribution in [2.24, 2.45) is 0 Å². The zero-order valence-electron chi connectivity index (χ0n) is 13.3. The van der Waals surface area contributed by atoms with E-state index < -0.39 is 5.91 Å². The molecule has 0 radical (unpaired) electrons. The predicted octanol–water partition coefficient (Wildman–Crippen LogP) is 3.41. The average Bonchev–Trinajstić information content (AvgIpc) is 2.70. The third-order valence-electron chi connectivity index (χ3n) is 3.32. The minimum Gasteiger partial charge on any atom is -0.319 e. The summed E-state index contributed by atoms with van der Waals surface area (Å²) in [7, 11) is 0. The van der Waals surface area contributed by atoms with Gasteiger partial charge in [-0.15, -0.1) is 0 Å². The van der Waals surface area contributed by atoms with E-state index in [4.69, 9.17) is 32.4 Å². The van der Waals surface area contributed by atoms with Crippen LogP contribution >= 0.6 is 23.2 Å². The standard InChI is InChI=1S/C15H9Cl2N7O3/c16-11-7-20-15-13(22-11)23-27-24(26-15)10-3-1-2-8(12(10)17)21-14(25)9-6-18-4-5-19-9/h1-7H,(H,21,25)(H,22,23). The largest absolute Gasteiger partial charge is 0.319 e. The highest BCUT2D eigenvalue weighted by atomic mass is 35.5. The fraction of sp³-hybridized carbons (Fsp3) is 0. The Morgan fingerprint density at radius 3 is 2.89 bits per heavy atom. The van der Waals surface area contributed by atoms with E-state index in [0.29, 0.717) is 11.4 Å². The lowest BCUT2D eigenvalue weighted by Gasteiger charge is -2.10. The minimum atomic E-state index is -0.466. The number of nitrogens with zero attached hydrogens (tertiary/aromatic N) is 5. The van der Waals surface area contributed by atoms with Gasteiger partial charge in [-0.3, -0.25) is 14.4 Å². The molecule has 4 aromatic rings. The number of aromatic amines is 1. The highest BCUT2D eigenvalue weighted by Crippen LogP contribution is 2.29. The van der Waals surface area contributed by atoms with Crippen LogP contribution < -0.4 is 5.32 Å². The molecule has 0 aliphatic rings. The van der Waals surface area contributed by atoms with Crippen LogP contribution in [0.5, 0.6) is 0 Å². The maximum Gasteiger partial charge on any atom is 0.296 e. The molecule has 0 saturated carbocycles. The number of anilines is 1. The second-order valence-corrected chi connectivity index (χ2v) is 5.84. The van der Waals surface area contributed by atoms with E-state index in [1.54, 1.807) is 18.2 Å². The molecule has 1 aromatic carbocycles. The Bertz CT molecular complexity index is 1160. The smallest absolute Gasteiger partial charge is 0.296 e. The lowest BCUT2D eigenvalue weighted by Crippen LogP contribution is -2.14. The summed E-state index contributed by atoms with van der Waals surface area (Å²) in [5, 5.41) is 5.54. The molecule has 27 heavy (non-hydrogen) atoms. The molecular formula is C15H9Cl2N7O3. The summed E-state index contributed by atoms with van der Waals surface area (Å²) in [4.78, 5) is 29.0. The molecule has 0 saturated heterocycles. The van der Waals surface area contributed by atoms with E-state index >= 15 is 0 Å². The zero-order chi connectivity index (χ0) is 18.8. The van der Waals surface area contributed by atoms with Crippen LogP contribution in [0.4, 0.5) is 5.69 Å². The fourth-order valence-corrected chi connectivity index (χ4v) is 2.51. The Morgan fingerprint density at radius 1 is 1.19 bits per heavy atom. The second-order valence-electron chi connectivity index (χ2n) is 5.07. The predicted molar refractivity (Wildman–Crippen MR) is 95.4 cm³/mol. The van der Waals surface area contributed by atoms with Gasteiger partial charge in [0.05, 0.1) is 23.1 Å². The summed E-state index contributed by atoms with van der Waals surface area (Å²) in [6.07, 6.45) is 5.55. The highest BCUT2D eigenvalue weighted by molar-refractivity contribution is 6.35. The topological polar surface area (TPSA) is 128 Å². The molecule has 1 amide bonds. The van der Waals surface area contributed by atoms with Gasteiger partial charge in [-0.1, -0.05) is 29.3 Å². The lowest BCUT2D eigenvalue weighted by molar-refractivity contribution is 0.0713. The molecule has 136 valence electrons. The molecule has 0 fully saturated rings. The first-order valence-electron chi connectivity index (χ1n) is 7.41. The maximum absolute atomic E-state index is 12.3. The van der Waals surface area contributed by atoms with E-state index in [1.807, 2.05) is 0 Å². The zero-order valence-corrected chi connectivity index (χ0v) is 14.8. The Morgan fingerprint density at radius 2 is 2.07 bits per heavy atom. The van der Waals surface area contributed by atoms with Crippen molar-refractivity contribution in [3.05, 3.63) is 58.9 Å². The van der Waals surface area contributed by atoms with Gasteiger partial charge in [0.1, 0.15) is 16.5 Å². The Kier molecular flexibility index (Phi) is 4.48. The number of nitrogens with one attached hydrogen (secondary N) is 2. The van der Waals surface area contributed by atoms with Crippen molar-refractivity contribution in [1.82, 2.24) is 30.0 Å². The summed E-state index contributed by atoms with van der Waals surface area (Å²) in [6.45, 7) is 0. The molecule has 0 aliphatic carbocycles. The van der Waals surface area contributed by atoms with Crippen LogP contribution in [0.1, 0.15) is 10.5 Å². The van der Waals surface area contributed by atoms with Crippen molar-refractivity contribution in [3.8, 4) is 5.69 Å². The van der Waals surface area contributed by atoms with E-state index in [9.17, 15) is 4.79 Å². The summed E-state index contributed by atoms with van der Waals surface area (Å²) in [6, 6.07) is 4.89. The molecule has 0 aliphatic heterocycles. The Labute approximate surface area is 160 Å². The molecule has 0 spiro atoms. The first kappa shape index (κ1) is 17.1. The number of fused-ring (bicyclic) bond motifs is 1. The number of aromatic nitrogens is 6. The lowest BCUT2D eigenvalue weighted by atomic mass is 10.2. The summed E-state index contributed by atoms with van der Waals surface area (Å²) >= 11 is 12.2. The number of carbonyl (C=O) groups is 1. The van der Waals surface area contributed by atoms with Crippen LogP contribution in [0.15, 0.2) is 52.1 Å². The molecule has 0 bridgehead atoms. The average molecular weight is 406 g/mol. The van der Waals surface area contributed by atoms with Gasteiger partial charge in [-0.2, -0.15) is 5.16 Å². The van der Waals surface area contributed by atoms with Gasteiger partial charge in [0.25, 0.3) is 11.6 Å². The maximum atomic E-state index is 12.3. The van der Waals surface area contributed by atoms with Crippen molar-refractivity contribution in [2.45, 2.75) is 0 Å². The molecule has 0 atom stereocenters. The number of amides is 1. The summed E-state index contributed by atoms with van der Waals surface area (Å²) < 4.78 is 10.7. The van der Waals surface area contributed by atoms with E-state index in [-0.39, 0.29) is 27.2 Å². The van der Waals surface area contributed by atoms with Crippen LogP contribution in [0.3, 0.4) is 0 Å². The first-order valence-corrected chi connectivity index (χ1v) is 8.17. The van der Waals surface area contributed by atoms with Crippen molar-refractivity contribution in [3.63, 3.8) is 0 Å². The molecule has 3 heterocycles. The van der Waals surface area contributed by atoms with Gasteiger partial charge in [-0.05, 0) is 17.0 Å². The third kappa shape index (κ3) is 3.48. The molecule has 4 rings (SSSR count). The number of hydrogen-bond donors (Lipinski definition) is 2. The second kappa shape index (κ2) is 7.09. The van der Waals surface area contributed by atoms with Crippen LogP contribution in [0.25, 0.3) is 17.0 Å². The van der Waals surface area contributed by atoms with Gasteiger partial charge in [-0.25, -0.2) is 15.0 Å². The number of halogens is 2. The number of hydrogen-bond acceptors (Lipinski definition) is 7. The van der Waals surface area contributed by atoms with Crippen molar-refractivity contribution < 1.29 is 13.9 Å². The van der Waals surface area contributed by atoms with Gasteiger partial charge in [0.2, 0.25) is 5.65 Å². The number of H-pyrrole nitrogens is 1. The number of carbonyl (C=O) groups excluding carboxylic acids is 1. The Balaban J connectivity index is 1.70. The summed E-state index contributed by atoms with van der Waals surface area (Å²) in [5.74, 6) is -0.466. The highest BCUT2D eigenvalue weighted by Gasteiger charge is 2.15. The SMILES string of the molecule is O=C(Nc1cccc(-n2o[nH]c3nc(Cl)cnc3o2)c1Cl)c1cnccn1. The first-order chi connectivity index (χ1) is 13.1. The van der Waals surface area contributed by atoms with Crippen LogP contribution in [0.2, 0.25) is 10.2 Å². The number of benzene rings is 1. The van der Waals surface area contributed by atoms with Crippen LogP contribution in [-0.4, -0.2) is 35.9 Å². The fourth-order valence-electron chi connectivity index (χ4n) is 2.13. The van der Waals surface area contributed by atoms with Crippen molar-refractivity contribution >= 4 is 46.2 Å². The van der Waals surface area contributed by atoms with E-state index in [2.05, 4.69) is 30.4 Å². The minimum absolute atomic E-state index is 0.135. The van der Waals surface area contributed by atoms with Gasteiger partial charge < -0.3 is 9.84 Å². The summed E-state index contributed by atoms with van der Waals surface area (Å²) in [5.41, 5.74) is 1.12. The third-order valence-corrected chi connectivity index (χ3v) is 3.90. The Hall–Kier alpha value is -3.37. The van der Waals surface area contributed by atoms with Crippen molar-refractivity contribution in [1.29, 1.82) is 0 Å². The van der Waals surface area contributed by atoms with Crippen LogP contribution in [0, 0.1) is 0 Å². The van der Waals surface area contributed by atoms with Crippen molar-refractivity contribution in [2.75, 3.05) is 5.32 Å². The molecule has 12 heteroatoms. The monoisotopic (exact) mass is 405 g/mol. The normalized spacial score (nSPS) is 10.7. The van der Waals surface area contributed by atoms with Gasteiger partial charge >= 0.3 is 0 Å². The van der Waals surface area contributed by atoms with Gasteiger partial charge in [0.15, 0.2) is 0 Å². The van der Waals surface area contributed by atoms with E-state index in [1.165, 1.54) is 24.8 Å². The van der Waals surface area contributed by atoms with E-state index in [0.717, 1.165) is 4.91 Å². The van der Waals surface area contributed by atoms with Crippen LogP contribution in [-0.2, 0) is 0 Å². The molecule has 3 aromatic heterocycles.